The second-order valence-electron chi connectivity index (χ2n) is 4.75. The van der Waals surface area contributed by atoms with Gasteiger partial charge in [0.05, 0.1) is 0 Å². The van der Waals surface area contributed by atoms with Crippen LogP contribution in [-0.4, -0.2) is 13.1 Å². The first-order valence-electron chi connectivity index (χ1n) is 6.78. The van der Waals surface area contributed by atoms with E-state index in [1.165, 1.54) is 21.3 Å². The van der Waals surface area contributed by atoms with Crippen molar-refractivity contribution in [3.63, 3.8) is 0 Å². The Kier molecular flexibility index (Phi) is 6.08. The van der Waals surface area contributed by atoms with Crippen molar-refractivity contribution in [1.29, 1.82) is 0 Å². The van der Waals surface area contributed by atoms with Crippen molar-refractivity contribution < 1.29 is 0 Å². The summed E-state index contributed by atoms with van der Waals surface area (Å²) in [5, 5.41) is 5.72. The first kappa shape index (κ1) is 14.8. The molecule has 0 aliphatic carbocycles. The minimum Gasteiger partial charge on any atom is -0.316 e. The van der Waals surface area contributed by atoms with Gasteiger partial charge in [0, 0.05) is 27.2 Å². The molecule has 1 nitrogen and oxygen atoms in total. The minimum absolute atomic E-state index is 0.554. The van der Waals surface area contributed by atoms with Gasteiger partial charge >= 0.3 is 0 Å². The Bertz CT molecular complexity index is 481. The summed E-state index contributed by atoms with van der Waals surface area (Å²) in [6.07, 6.45) is 2.29. The number of nitrogens with one attached hydrogen (secondary N) is 1. The van der Waals surface area contributed by atoms with E-state index < -0.39 is 0 Å². The van der Waals surface area contributed by atoms with Gasteiger partial charge in [0.1, 0.15) is 0 Å². The molecule has 0 bridgehead atoms. The average molecular weight is 338 g/mol. The quantitative estimate of drug-likeness (QED) is 0.713. The minimum atomic E-state index is 0.554. The van der Waals surface area contributed by atoms with E-state index in [-0.39, 0.29) is 0 Å². The molecule has 1 atom stereocenters. The summed E-state index contributed by atoms with van der Waals surface area (Å²) in [6.45, 7) is 4.35. The smallest absolute Gasteiger partial charge is 0.0285 e. The number of rotatable bonds is 7. The zero-order chi connectivity index (χ0) is 13.5. The Morgan fingerprint density at radius 1 is 1.26 bits per heavy atom. The van der Waals surface area contributed by atoms with Crippen LogP contribution in [0.1, 0.15) is 29.7 Å². The van der Waals surface area contributed by atoms with Crippen molar-refractivity contribution in [2.45, 2.75) is 25.7 Å². The molecule has 0 saturated carbocycles. The molecule has 0 aliphatic rings. The van der Waals surface area contributed by atoms with Crippen molar-refractivity contribution in [1.82, 2.24) is 5.32 Å². The fourth-order valence-electron chi connectivity index (χ4n) is 2.19. The van der Waals surface area contributed by atoms with Crippen LogP contribution in [0.3, 0.4) is 0 Å². The van der Waals surface area contributed by atoms with Gasteiger partial charge < -0.3 is 5.32 Å². The molecule has 1 unspecified atom stereocenters. The second-order valence-corrected chi connectivity index (χ2v) is 6.66. The summed E-state index contributed by atoms with van der Waals surface area (Å²) in [7, 11) is 0. The Morgan fingerprint density at radius 3 is 2.68 bits per heavy atom. The van der Waals surface area contributed by atoms with Gasteiger partial charge in [0.15, 0.2) is 0 Å². The van der Waals surface area contributed by atoms with Crippen LogP contribution in [0, 0.1) is 0 Å². The van der Waals surface area contributed by atoms with Crippen LogP contribution in [0.15, 0.2) is 46.3 Å². The summed E-state index contributed by atoms with van der Waals surface area (Å²) in [5.41, 5.74) is 1.43. The van der Waals surface area contributed by atoms with Crippen molar-refractivity contribution in [2.24, 2.45) is 0 Å². The lowest BCUT2D eigenvalue weighted by Gasteiger charge is -2.17. The molecule has 0 fully saturated rings. The number of hydrogen-bond donors (Lipinski definition) is 1. The highest BCUT2D eigenvalue weighted by Crippen LogP contribution is 2.26. The number of thiophene rings is 1. The van der Waals surface area contributed by atoms with Crippen molar-refractivity contribution in [3.8, 4) is 0 Å². The van der Waals surface area contributed by atoms with E-state index >= 15 is 0 Å². The van der Waals surface area contributed by atoms with Crippen molar-refractivity contribution in [2.75, 3.05) is 13.1 Å². The SMILES string of the molecule is CCCNCC(Cc1cc(Br)cs1)c1ccccc1. The summed E-state index contributed by atoms with van der Waals surface area (Å²) in [6, 6.07) is 13.1. The molecule has 0 radical (unpaired) electrons. The third kappa shape index (κ3) is 4.75. The fraction of sp³-hybridized carbons (Fsp3) is 0.375. The Labute approximate surface area is 128 Å². The predicted molar refractivity (Wildman–Crippen MR) is 88.1 cm³/mol. The van der Waals surface area contributed by atoms with E-state index in [0.717, 1.165) is 19.5 Å². The lowest BCUT2D eigenvalue weighted by Crippen LogP contribution is -2.23. The van der Waals surface area contributed by atoms with Gasteiger partial charge in [0.25, 0.3) is 0 Å². The molecule has 1 heterocycles. The van der Waals surface area contributed by atoms with E-state index in [0.29, 0.717) is 5.92 Å². The van der Waals surface area contributed by atoms with Crippen LogP contribution >= 0.6 is 27.3 Å². The third-order valence-corrected chi connectivity index (χ3v) is 4.88. The van der Waals surface area contributed by atoms with E-state index in [1.54, 1.807) is 0 Å². The topological polar surface area (TPSA) is 12.0 Å². The van der Waals surface area contributed by atoms with Crippen LogP contribution in [0.25, 0.3) is 0 Å². The van der Waals surface area contributed by atoms with Gasteiger partial charge in [-0.3, -0.25) is 0 Å². The number of halogens is 1. The van der Waals surface area contributed by atoms with Gasteiger partial charge in [-0.1, -0.05) is 37.3 Å². The molecule has 1 aromatic carbocycles. The van der Waals surface area contributed by atoms with Crippen molar-refractivity contribution in [3.05, 3.63) is 56.7 Å². The molecule has 1 N–H and O–H groups in total. The molecule has 0 spiro atoms. The Hall–Kier alpha value is -0.640. The molecule has 1 aromatic heterocycles. The zero-order valence-corrected chi connectivity index (χ0v) is 13.6. The molecule has 0 aliphatic heterocycles. The highest BCUT2D eigenvalue weighted by atomic mass is 79.9. The normalized spacial score (nSPS) is 12.5. The summed E-state index contributed by atoms with van der Waals surface area (Å²) >= 11 is 5.37. The monoisotopic (exact) mass is 337 g/mol. The second kappa shape index (κ2) is 7.83. The molecule has 3 heteroatoms. The molecular weight excluding hydrogens is 318 g/mol. The number of benzene rings is 1. The number of hydrogen-bond acceptors (Lipinski definition) is 2. The fourth-order valence-corrected chi connectivity index (χ4v) is 3.72. The van der Waals surface area contributed by atoms with E-state index in [1.807, 2.05) is 11.3 Å². The highest BCUT2D eigenvalue weighted by Gasteiger charge is 2.13. The van der Waals surface area contributed by atoms with E-state index in [9.17, 15) is 0 Å². The van der Waals surface area contributed by atoms with Gasteiger partial charge in [-0.25, -0.2) is 0 Å². The van der Waals surface area contributed by atoms with E-state index in [4.69, 9.17) is 0 Å². The summed E-state index contributed by atoms with van der Waals surface area (Å²) < 4.78 is 1.20. The van der Waals surface area contributed by atoms with Crippen molar-refractivity contribution >= 4 is 27.3 Å². The third-order valence-electron chi connectivity index (χ3n) is 3.16. The summed E-state index contributed by atoms with van der Waals surface area (Å²) in [5.74, 6) is 0.554. The molecule has 0 saturated heterocycles. The molecule has 2 rings (SSSR count). The van der Waals surface area contributed by atoms with Gasteiger partial charge in [0.2, 0.25) is 0 Å². The first-order valence-corrected chi connectivity index (χ1v) is 8.45. The summed E-state index contributed by atoms with van der Waals surface area (Å²) in [4.78, 5) is 1.44. The lowest BCUT2D eigenvalue weighted by atomic mass is 9.95. The highest BCUT2D eigenvalue weighted by molar-refractivity contribution is 9.10. The maximum Gasteiger partial charge on any atom is 0.0285 e. The van der Waals surface area contributed by atoms with Crippen LogP contribution in [-0.2, 0) is 6.42 Å². The largest absolute Gasteiger partial charge is 0.316 e. The Morgan fingerprint density at radius 2 is 2.05 bits per heavy atom. The van der Waals surface area contributed by atoms with Crippen LogP contribution in [0.4, 0.5) is 0 Å². The van der Waals surface area contributed by atoms with Crippen LogP contribution in [0.5, 0.6) is 0 Å². The maximum absolute atomic E-state index is 3.55. The predicted octanol–water partition coefficient (Wildman–Crippen LogP) is 4.84. The maximum atomic E-state index is 3.55. The first-order chi connectivity index (χ1) is 9.29. The van der Waals surface area contributed by atoms with Gasteiger partial charge in [-0.2, -0.15) is 0 Å². The van der Waals surface area contributed by atoms with Gasteiger partial charge in [-0.15, -0.1) is 11.3 Å². The molecule has 2 aromatic rings. The Balaban J connectivity index is 2.05. The molecule has 0 amide bonds. The van der Waals surface area contributed by atoms with E-state index in [2.05, 4.69) is 69.9 Å². The molecular formula is C16H20BrNS. The average Bonchev–Trinajstić information content (AvgIpc) is 2.84. The van der Waals surface area contributed by atoms with Crippen LogP contribution < -0.4 is 5.32 Å². The lowest BCUT2D eigenvalue weighted by molar-refractivity contribution is 0.579. The van der Waals surface area contributed by atoms with Gasteiger partial charge in [-0.05, 0) is 46.9 Å². The molecule has 19 heavy (non-hydrogen) atoms. The zero-order valence-electron chi connectivity index (χ0n) is 11.2. The van der Waals surface area contributed by atoms with Crippen LogP contribution in [0.2, 0.25) is 0 Å². The molecule has 102 valence electrons. The standard InChI is InChI=1S/C16H20BrNS/c1-2-8-18-11-14(13-6-4-3-5-7-13)9-16-10-15(17)12-19-16/h3-7,10,12,14,18H,2,8-9,11H2,1H3.